The number of pyridine rings is 2. The van der Waals surface area contributed by atoms with Gasteiger partial charge < -0.3 is 15.3 Å². The molecule has 1 amide bonds. The molecule has 6 nitrogen and oxygen atoms in total. The van der Waals surface area contributed by atoms with E-state index in [0.29, 0.717) is 0 Å². The first-order valence-corrected chi connectivity index (χ1v) is 6.71. The van der Waals surface area contributed by atoms with E-state index in [1.54, 1.807) is 6.07 Å². The molecule has 0 spiro atoms. The molecule has 0 fully saturated rings. The van der Waals surface area contributed by atoms with Crippen molar-refractivity contribution in [1.29, 1.82) is 0 Å². The molecule has 0 aliphatic carbocycles. The van der Waals surface area contributed by atoms with Gasteiger partial charge in [-0.2, -0.15) is 0 Å². The Labute approximate surface area is 124 Å². The van der Waals surface area contributed by atoms with Crippen LogP contribution in [0.3, 0.4) is 0 Å². The second-order valence-electron chi connectivity index (χ2n) is 4.83. The average molecular weight is 295 g/mol. The first-order chi connectivity index (χ1) is 10.6. The summed E-state index contributed by atoms with van der Waals surface area (Å²) in [5.41, 5.74) is 1.15. The van der Waals surface area contributed by atoms with Crippen LogP contribution in [0.4, 0.5) is 0 Å². The third-order valence-corrected chi connectivity index (χ3v) is 3.31. The molecule has 3 rings (SSSR count). The van der Waals surface area contributed by atoms with Crippen molar-refractivity contribution < 1.29 is 4.79 Å². The second kappa shape index (κ2) is 5.69. The highest BCUT2D eigenvalue weighted by Crippen LogP contribution is 2.14. The van der Waals surface area contributed by atoms with E-state index < -0.39 is 0 Å². The van der Waals surface area contributed by atoms with Gasteiger partial charge in [0.15, 0.2) is 0 Å². The van der Waals surface area contributed by atoms with Crippen LogP contribution in [-0.2, 0) is 6.54 Å². The lowest BCUT2D eigenvalue weighted by Gasteiger charge is -2.08. The number of fused-ring (bicyclic) bond motifs is 1. The van der Waals surface area contributed by atoms with E-state index in [-0.39, 0.29) is 29.1 Å². The van der Waals surface area contributed by atoms with Gasteiger partial charge in [-0.3, -0.25) is 14.4 Å². The van der Waals surface area contributed by atoms with Crippen LogP contribution < -0.4 is 16.4 Å². The lowest BCUT2D eigenvalue weighted by atomic mass is 10.1. The van der Waals surface area contributed by atoms with Gasteiger partial charge in [0, 0.05) is 41.3 Å². The maximum Gasteiger partial charge on any atom is 0.251 e. The van der Waals surface area contributed by atoms with Crippen LogP contribution in [0, 0.1) is 0 Å². The lowest BCUT2D eigenvalue weighted by molar-refractivity contribution is 0.0951. The van der Waals surface area contributed by atoms with Gasteiger partial charge in [0.25, 0.3) is 5.91 Å². The monoisotopic (exact) mass is 295 g/mol. The van der Waals surface area contributed by atoms with Gasteiger partial charge in [-0.15, -0.1) is 0 Å². The predicted molar refractivity (Wildman–Crippen MR) is 82.8 cm³/mol. The molecule has 3 N–H and O–H groups in total. The summed E-state index contributed by atoms with van der Waals surface area (Å²) in [7, 11) is 0. The van der Waals surface area contributed by atoms with Crippen LogP contribution in [0.2, 0.25) is 0 Å². The summed E-state index contributed by atoms with van der Waals surface area (Å²) in [6.45, 7) is 0.204. The zero-order chi connectivity index (χ0) is 15.5. The summed E-state index contributed by atoms with van der Waals surface area (Å²) in [4.78, 5) is 40.1. The minimum atomic E-state index is -0.365. The van der Waals surface area contributed by atoms with Crippen molar-refractivity contribution in [3.05, 3.63) is 80.5 Å². The zero-order valence-corrected chi connectivity index (χ0v) is 11.6. The molecule has 2 aromatic heterocycles. The Morgan fingerprint density at radius 2 is 1.86 bits per heavy atom. The van der Waals surface area contributed by atoms with E-state index in [9.17, 15) is 14.4 Å². The molecule has 0 aliphatic heterocycles. The molecule has 22 heavy (non-hydrogen) atoms. The standard InChI is InChI=1S/C16H13N3O3/c20-14-7-10(5-6-17-14)16(22)18-9-11-8-15(21)19-13-4-2-1-3-12(11)13/h1-8H,9H2,(H,17,20)(H,18,22)(H,19,21). The Hall–Kier alpha value is -3.15. The Morgan fingerprint density at radius 3 is 2.68 bits per heavy atom. The summed E-state index contributed by atoms with van der Waals surface area (Å²) in [5.74, 6) is -0.365. The minimum Gasteiger partial charge on any atom is -0.348 e. The van der Waals surface area contributed by atoms with Crippen LogP contribution in [0.25, 0.3) is 10.9 Å². The molecule has 1 aromatic carbocycles. The Kier molecular flexibility index (Phi) is 3.57. The lowest BCUT2D eigenvalue weighted by Crippen LogP contribution is -2.25. The fourth-order valence-corrected chi connectivity index (χ4v) is 2.29. The molecule has 2 heterocycles. The molecule has 0 saturated heterocycles. The number of benzene rings is 1. The van der Waals surface area contributed by atoms with E-state index in [0.717, 1.165) is 16.5 Å². The van der Waals surface area contributed by atoms with Gasteiger partial charge in [-0.1, -0.05) is 18.2 Å². The van der Waals surface area contributed by atoms with Crippen molar-refractivity contribution in [3.8, 4) is 0 Å². The van der Waals surface area contributed by atoms with Gasteiger partial charge in [0.2, 0.25) is 11.1 Å². The molecule has 0 saturated carbocycles. The number of aromatic nitrogens is 2. The van der Waals surface area contributed by atoms with Crippen molar-refractivity contribution in [2.75, 3.05) is 0 Å². The average Bonchev–Trinajstić information content (AvgIpc) is 2.52. The first-order valence-electron chi connectivity index (χ1n) is 6.71. The minimum absolute atomic E-state index is 0.204. The number of carbonyl (C=O) groups excluding carboxylic acids is 1. The van der Waals surface area contributed by atoms with Crippen LogP contribution in [-0.4, -0.2) is 15.9 Å². The summed E-state index contributed by atoms with van der Waals surface area (Å²) < 4.78 is 0. The molecular weight excluding hydrogens is 282 g/mol. The van der Waals surface area contributed by atoms with Crippen LogP contribution in [0.5, 0.6) is 0 Å². The van der Waals surface area contributed by atoms with Gasteiger partial charge in [-0.25, -0.2) is 0 Å². The first kappa shape index (κ1) is 13.8. The Balaban J connectivity index is 1.86. The summed E-state index contributed by atoms with van der Waals surface area (Å²) in [6.07, 6.45) is 1.42. The van der Waals surface area contributed by atoms with Crippen molar-refractivity contribution in [1.82, 2.24) is 15.3 Å². The predicted octanol–water partition coefficient (Wildman–Crippen LogP) is 1.15. The molecule has 0 bridgehead atoms. The third-order valence-electron chi connectivity index (χ3n) is 3.31. The van der Waals surface area contributed by atoms with Crippen LogP contribution >= 0.6 is 0 Å². The normalized spacial score (nSPS) is 10.5. The summed E-state index contributed by atoms with van der Waals surface area (Å²) in [5, 5.41) is 3.59. The van der Waals surface area contributed by atoms with E-state index >= 15 is 0 Å². The summed E-state index contributed by atoms with van der Waals surface area (Å²) in [6, 6.07) is 11.6. The smallest absolute Gasteiger partial charge is 0.251 e. The van der Waals surface area contributed by atoms with Crippen molar-refractivity contribution in [3.63, 3.8) is 0 Å². The van der Waals surface area contributed by atoms with Gasteiger partial charge in [-0.05, 0) is 17.7 Å². The van der Waals surface area contributed by atoms with Crippen molar-refractivity contribution in [2.45, 2.75) is 6.54 Å². The van der Waals surface area contributed by atoms with Gasteiger partial charge >= 0.3 is 0 Å². The molecule has 6 heteroatoms. The van der Waals surface area contributed by atoms with E-state index in [2.05, 4.69) is 15.3 Å². The number of aromatic amines is 2. The summed E-state index contributed by atoms with van der Waals surface area (Å²) >= 11 is 0. The maximum atomic E-state index is 12.0. The Morgan fingerprint density at radius 1 is 1.05 bits per heavy atom. The van der Waals surface area contributed by atoms with Crippen LogP contribution in [0.15, 0.2) is 58.3 Å². The SMILES string of the molecule is O=C(NCc1cc(=O)[nH]c2ccccc12)c1cc[nH]c(=O)c1. The van der Waals surface area contributed by atoms with E-state index in [1.165, 1.54) is 24.4 Å². The third kappa shape index (κ3) is 2.80. The number of hydrogen-bond acceptors (Lipinski definition) is 3. The fourth-order valence-electron chi connectivity index (χ4n) is 2.29. The topological polar surface area (TPSA) is 94.8 Å². The number of nitrogens with one attached hydrogen (secondary N) is 3. The number of carbonyl (C=O) groups is 1. The van der Waals surface area contributed by atoms with Gasteiger partial charge in [0.1, 0.15) is 0 Å². The number of H-pyrrole nitrogens is 2. The van der Waals surface area contributed by atoms with Crippen LogP contribution in [0.1, 0.15) is 15.9 Å². The number of para-hydroxylation sites is 1. The highest BCUT2D eigenvalue weighted by Gasteiger charge is 2.08. The Bertz CT molecular complexity index is 956. The van der Waals surface area contributed by atoms with E-state index in [1.807, 2.05) is 18.2 Å². The number of rotatable bonds is 3. The molecule has 0 unspecified atom stereocenters. The van der Waals surface area contributed by atoms with E-state index in [4.69, 9.17) is 0 Å². The zero-order valence-electron chi connectivity index (χ0n) is 11.6. The molecular formula is C16H13N3O3. The fraction of sp³-hybridized carbons (Fsp3) is 0.0625. The highest BCUT2D eigenvalue weighted by molar-refractivity contribution is 5.94. The molecule has 0 atom stereocenters. The number of amides is 1. The van der Waals surface area contributed by atoms with Gasteiger partial charge in [0.05, 0.1) is 0 Å². The molecule has 3 aromatic rings. The second-order valence-corrected chi connectivity index (χ2v) is 4.83. The molecule has 0 aliphatic rings. The molecule has 0 radical (unpaired) electrons. The highest BCUT2D eigenvalue weighted by atomic mass is 16.2. The van der Waals surface area contributed by atoms with Crippen molar-refractivity contribution in [2.24, 2.45) is 0 Å². The largest absolute Gasteiger partial charge is 0.348 e. The maximum absolute atomic E-state index is 12.0. The van der Waals surface area contributed by atoms with Crippen molar-refractivity contribution >= 4 is 16.8 Å². The number of hydrogen-bond donors (Lipinski definition) is 3. The molecule has 110 valence electrons. The quantitative estimate of drug-likeness (QED) is 0.676.